The third-order valence-electron chi connectivity index (χ3n) is 2.90. The van der Waals surface area contributed by atoms with E-state index < -0.39 is 12.5 Å². The summed E-state index contributed by atoms with van der Waals surface area (Å²) in [4.78, 5) is 16.9. The maximum Gasteiger partial charge on any atom is 0.573 e. The minimum Gasteiger partial charge on any atom is -0.406 e. The van der Waals surface area contributed by atoms with Gasteiger partial charge in [0.05, 0.1) is 13.5 Å². The van der Waals surface area contributed by atoms with Crippen LogP contribution >= 0.6 is 0 Å². The van der Waals surface area contributed by atoms with Gasteiger partial charge in [0.1, 0.15) is 11.9 Å². The van der Waals surface area contributed by atoms with Gasteiger partial charge in [0, 0.05) is 0 Å². The van der Waals surface area contributed by atoms with Crippen LogP contribution in [0.4, 0.5) is 13.2 Å². The van der Waals surface area contributed by atoms with Crippen molar-refractivity contribution in [2.45, 2.75) is 39.7 Å². The molecule has 0 aliphatic carbocycles. The van der Waals surface area contributed by atoms with Gasteiger partial charge in [0.15, 0.2) is 0 Å². The number of rotatable bonds is 6. The summed E-state index contributed by atoms with van der Waals surface area (Å²) in [5.41, 5.74) is 2.78. The Morgan fingerprint density at radius 3 is 2.43 bits per heavy atom. The van der Waals surface area contributed by atoms with Gasteiger partial charge in [-0.1, -0.05) is 32.9 Å². The Hall–Kier alpha value is -1.80. The van der Waals surface area contributed by atoms with Gasteiger partial charge >= 0.3 is 6.36 Å². The Morgan fingerprint density at radius 1 is 1.26 bits per heavy atom. The predicted molar refractivity (Wildman–Crippen MR) is 78.4 cm³/mol. The second-order valence-corrected chi connectivity index (χ2v) is 6.06. The van der Waals surface area contributed by atoms with Crippen LogP contribution in [0.2, 0.25) is 0 Å². The van der Waals surface area contributed by atoms with E-state index in [4.69, 9.17) is 4.84 Å². The number of hydrogen-bond donors (Lipinski definition) is 2. The molecule has 23 heavy (non-hydrogen) atoms. The number of halogens is 3. The first kappa shape index (κ1) is 19.2. The molecule has 0 saturated heterocycles. The lowest BCUT2D eigenvalue weighted by atomic mass is 9.92. The third kappa shape index (κ3) is 7.34. The highest BCUT2D eigenvalue weighted by atomic mass is 19.4. The number of nitrogens with one attached hydrogen (secondary N) is 2. The van der Waals surface area contributed by atoms with Crippen LogP contribution in [0.25, 0.3) is 0 Å². The minimum absolute atomic E-state index is 0.0764. The molecule has 0 aliphatic rings. The molecule has 1 atom stereocenters. The molecule has 130 valence electrons. The van der Waals surface area contributed by atoms with Crippen LogP contribution in [0.15, 0.2) is 24.3 Å². The van der Waals surface area contributed by atoms with Crippen LogP contribution in [0.3, 0.4) is 0 Å². The molecule has 1 amide bonds. The lowest BCUT2D eigenvalue weighted by Gasteiger charge is -2.31. The molecule has 1 aromatic carbocycles. The zero-order valence-electron chi connectivity index (χ0n) is 13.5. The SMILES string of the molecule is CONC(NC(=O)Cc1cccc(OC(F)(F)F)c1)C(C)(C)C. The first-order valence-corrected chi connectivity index (χ1v) is 6.94. The number of alkyl halides is 3. The maximum absolute atomic E-state index is 12.2. The van der Waals surface area contributed by atoms with Gasteiger partial charge in [0.25, 0.3) is 0 Å². The van der Waals surface area contributed by atoms with Crippen molar-refractivity contribution in [3.63, 3.8) is 0 Å². The van der Waals surface area contributed by atoms with Crippen LogP contribution in [-0.4, -0.2) is 25.5 Å². The topological polar surface area (TPSA) is 59.6 Å². The summed E-state index contributed by atoms with van der Waals surface area (Å²) < 4.78 is 40.4. The van der Waals surface area contributed by atoms with Crippen LogP contribution in [0.1, 0.15) is 26.3 Å². The molecule has 0 heterocycles. The highest BCUT2D eigenvalue weighted by Gasteiger charge is 2.31. The molecule has 1 aromatic rings. The number of carbonyl (C=O) groups excluding carboxylic acids is 1. The summed E-state index contributed by atoms with van der Waals surface area (Å²) in [6.07, 6.45) is -5.29. The largest absolute Gasteiger partial charge is 0.573 e. The zero-order valence-corrected chi connectivity index (χ0v) is 13.5. The summed E-state index contributed by atoms with van der Waals surface area (Å²) >= 11 is 0. The zero-order chi connectivity index (χ0) is 17.7. The molecule has 0 fully saturated rings. The Kier molecular flexibility index (Phi) is 6.40. The van der Waals surface area contributed by atoms with Crippen molar-refractivity contribution in [1.82, 2.24) is 10.8 Å². The van der Waals surface area contributed by atoms with E-state index in [2.05, 4.69) is 15.5 Å². The van der Waals surface area contributed by atoms with E-state index in [9.17, 15) is 18.0 Å². The van der Waals surface area contributed by atoms with Crippen LogP contribution in [0.5, 0.6) is 5.75 Å². The Labute approximate surface area is 133 Å². The molecular formula is C15H21F3N2O3. The van der Waals surface area contributed by atoms with Crippen LogP contribution in [-0.2, 0) is 16.1 Å². The van der Waals surface area contributed by atoms with E-state index in [0.29, 0.717) is 5.56 Å². The molecule has 0 radical (unpaired) electrons. The standard InChI is InChI=1S/C15H21F3N2O3/c1-14(2,3)13(20-22-4)19-12(21)9-10-6-5-7-11(8-10)23-15(16,17)18/h5-8,13,20H,9H2,1-4H3,(H,19,21). The highest BCUT2D eigenvalue weighted by Crippen LogP contribution is 2.23. The average molecular weight is 334 g/mol. The van der Waals surface area contributed by atoms with E-state index in [-0.39, 0.29) is 23.5 Å². The first-order chi connectivity index (χ1) is 10.5. The molecule has 2 N–H and O–H groups in total. The molecule has 0 aliphatic heterocycles. The first-order valence-electron chi connectivity index (χ1n) is 6.94. The van der Waals surface area contributed by atoms with Crippen LogP contribution in [0, 0.1) is 5.41 Å². The van der Waals surface area contributed by atoms with Gasteiger partial charge in [-0.2, -0.15) is 5.48 Å². The second-order valence-electron chi connectivity index (χ2n) is 6.06. The van der Waals surface area contributed by atoms with Crippen molar-refractivity contribution < 1.29 is 27.5 Å². The second kappa shape index (κ2) is 7.65. The Morgan fingerprint density at radius 2 is 1.91 bits per heavy atom. The van der Waals surface area contributed by atoms with Gasteiger partial charge in [-0.15, -0.1) is 13.2 Å². The van der Waals surface area contributed by atoms with Gasteiger partial charge < -0.3 is 14.9 Å². The average Bonchev–Trinajstić information content (AvgIpc) is 2.35. The number of amides is 1. The summed E-state index contributed by atoms with van der Waals surface area (Å²) in [6, 6.07) is 5.32. The van der Waals surface area contributed by atoms with Crippen molar-refractivity contribution in [1.29, 1.82) is 0 Å². The van der Waals surface area contributed by atoms with Crippen LogP contribution < -0.4 is 15.5 Å². The Balaban J connectivity index is 2.72. The lowest BCUT2D eigenvalue weighted by molar-refractivity contribution is -0.274. The smallest absolute Gasteiger partial charge is 0.406 e. The molecule has 1 unspecified atom stereocenters. The molecule has 0 aromatic heterocycles. The van der Waals surface area contributed by atoms with Gasteiger partial charge in [-0.3, -0.25) is 4.79 Å². The van der Waals surface area contributed by atoms with Gasteiger partial charge in [-0.05, 0) is 23.1 Å². The van der Waals surface area contributed by atoms with Crippen molar-refractivity contribution >= 4 is 5.91 Å². The molecule has 0 spiro atoms. The van der Waals surface area contributed by atoms with Crippen molar-refractivity contribution in [2.75, 3.05) is 7.11 Å². The quantitative estimate of drug-likeness (QED) is 0.620. The molecule has 8 heteroatoms. The monoisotopic (exact) mass is 334 g/mol. The summed E-state index contributed by atoms with van der Waals surface area (Å²) in [5, 5.41) is 2.74. The fraction of sp³-hybridized carbons (Fsp3) is 0.533. The van der Waals surface area contributed by atoms with E-state index in [1.807, 2.05) is 20.8 Å². The van der Waals surface area contributed by atoms with E-state index in [1.54, 1.807) is 6.07 Å². The minimum atomic E-state index is -4.76. The predicted octanol–water partition coefficient (Wildman–Crippen LogP) is 2.77. The molecule has 0 saturated carbocycles. The normalized spacial score (nSPS) is 13.5. The number of hydroxylamine groups is 1. The van der Waals surface area contributed by atoms with Gasteiger partial charge in [-0.25, -0.2) is 0 Å². The highest BCUT2D eigenvalue weighted by molar-refractivity contribution is 5.79. The number of ether oxygens (including phenoxy) is 1. The van der Waals surface area contributed by atoms with Crippen molar-refractivity contribution in [3.8, 4) is 5.75 Å². The fourth-order valence-electron chi connectivity index (χ4n) is 1.79. The summed E-state index contributed by atoms with van der Waals surface area (Å²) in [7, 11) is 1.43. The molecule has 1 rings (SSSR count). The number of carbonyl (C=O) groups is 1. The Bertz CT molecular complexity index is 527. The third-order valence-corrected chi connectivity index (χ3v) is 2.90. The van der Waals surface area contributed by atoms with E-state index in [1.165, 1.54) is 25.3 Å². The van der Waals surface area contributed by atoms with Crippen molar-refractivity contribution in [3.05, 3.63) is 29.8 Å². The van der Waals surface area contributed by atoms with Crippen molar-refractivity contribution in [2.24, 2.45) is 5.41 Å². The fourth-order valence-corrected chi connectivity index (χ4v) is 1.79. The van der Waals surface area contributed by atoms with Gasteiger partial charge in [0.2, 0.25) is 5.91 Å². The molecule has 0 bridgehead atoms. The number of hydrogen-bond acceptors (Lipinski definition) is 4. The summed E-state index contributed by atoms with van der Waals surface area (Å²) in [5.74, 6) is -0.705. The summed E-state index contributed by atoms with van der Waals surface area (Å²) in [6.45, 7) is 5.71. The molecular weight excluding hydrogens is 313 g/mol. The molecule has 5 nitrogen and oxygen atoms in total. The maximum atomic E-state index is 12.2. The van der Waals surface area contributed by atoms with E-state index in [0.717, 1.165) is 0 Å². The van der Waals surface area contributed by atoms with E-state index >= 15 is 0 Å². The lowest BCUT2D eigenvalue weighted by Crippen LogP contribution is -2.53. The number of benzene rings is 1.